The fraction of sp³-hybridized carbons (Fsp3) is 0.241. The lowest BCUT2D eigenvalue weighted by atomic mass is 10.0. The average Bonchev–Trinajstić information content (AvgIpc) is 3.72. The first-order valence-electron chi connectivity index (χ1n) is 12.8. The molecule has 208 valence electrons. The van der Waals surface area contributed by atoms with Crippen LogP contribution in [0.3, 0.4) is 0 Å². The molecule has 0 bridgehead atoms. The minimum absolute atomic E-state index is 0.137. The van der Waals surface area contributed by atoms with Gasteiger partial charge in [0.05, 0.1) is 34.3 Å². The second kappa shape index (κ2) is 10.1. The van der Waals surface area contributed by atoms with Crippen LogP contribution in [-0.4, -0.2) is 34.6 Å². The molecule has 4 aromatic rings. The Labute approximate surface area is 237 Å². The lowest BCUT2D eigenvalue weighted by Gasteiger charge is -2.23. The number of carbonyl (C=O) groups excluding carboxylic acids is 1. The number of benzene rings is 3. The maximum atomic E-state index is 13.7. The highest BCUT2D eigenvalue weighted by Gasteiger charge is 2.44. The van der Waals surface area contributed by atoms with Crippen molar-refractivity contribution in [3.8, 4) is 34.6 Å². The van der Waals surface area contributed by atoms with E-state index in [4.69, 9.17) is 16.3 Å². The summed E-state index contributed by atoms with van der Waals surface area (Å²) >= 11 is 6.44. The number of halogens is 3. The Hall–Kier alpha value is -4.69. The molecule has 0 unspecified atom stereocenters. The highest BCUT2D eigenvalue weighted by molar-refractivity contribution is 6.33. The second-order valence-corrected chi connectivity index (χ2v) is 9.97. The lowest BCUT2D eigenvalue weighted by molar-refractivity contribution is -0.286. The number of aromatic nitrogens is 2. The average molecular weight is 579 g/mol. The zero-order valence-corrected chi connectivity index (χ0v) is 22.3. The molecule has 1 aliphatic carbocycles. The molecule has 3 aromatic carbocycles. The zero-order chi connectivity index (χ0) is 28.9. The van der Waals surface area contributed by atoms with Gasteiger partial charge in [-0.15, -0.1) is 8.78 Å². The predicted octanol–water partition coefficient (Wildman–Crippen LogP) is 5.50. The summed E-state index contributed by atoms with van der Waals surface area (Å²) < 4.78 is 42.8. The molecule has 1 saturated carbocycles. The maximum absolute atomic E-state index is 13.7. The van der Waals surface area contributed by atoms with Crippen LogP contribution in [0, 0.1) is 11.3 Å². The second-order valence-electron chi connectivity index (χ2n) is 9.56. The van der Waals surface area contributed by atoms with Crippen LogP contribution in [0.25, 0.3) is 22.0 Å². The number of hydrogen-bond donors (Lipinski definition) is 0. The van der Waals surface area contributed by atoms with Crippen LogP contribution in [0.5, 0.6) is 17.2 Å². The van der Waals surface area contributed by atoms with Crippen LogP contribution in [-0.2, 0) is 11.3 Å². The summed E-state index contributed by atoms with van der Waals surface area (Å²) in [7, 11) is 0. The van der Waals surface area contributed by atoms with E-state index in [1.54, 1.807) is 37.3 Å². The van der Waals surface area contributed by atoms with Crippen LogP contribution in [0.1, 0.15) is 25.3 Å². The van der Waals surface area contributed by atoms with Crippen molar-refractivity contribution in [3.63, 3.8) is 0 Å². The summed E-state index contributed by atoms with van der Waals surface area (Å²) in [5, 5.41) is 14.9. The molecule has 6 rings (SSSR count). The fourth-order valence-electron chi connectivity index (χ4n) is 4.79. The number of ether oxygens (including phenoxy) is 3. The van der Waals surface area contributed by atoms with Crippen molar-refractivity contribution in [2.24, 2.45) is 0 Å². The Bertz CT molecular complexity index is 1820. The lowest BCUT2D eigenvalue weighted by Crippen LogP contribution is -2.39. The Balaban J connectivity index is 1.44. The number of nitriles is 1. The van der Waals surface area contributed by atoms with Crippen LogP contribution >= 0.6 is 11.6 Å². The number of amides is 1. The van der Waals surface area contributed by atoms with Crippen molar-refractivity contribution < 1.29 is 27.8 Å². The van der Waals surface area contributed by atoms with E-state index in [0.29, 0.717) is 53.1 Å². The molecule has 1 amide bonds. The van der Waals surface area contributed by atoms with Gasteiger partial charge >= 0.3 is 6.29 Å². The van der Waals surface area contributed by atoms with E-state index in [9.17, 15) is 23.6 Å². The van der Waals surface area contributed by atoms with E-state index in [2.05, 4.69) is 20.6 Å². The van der Waals surface area contributed by atoms with Gasteiger partial charge in [0.1, 0.15) is 12.3 Å². The third kappa shape index (κ3) is 5.02. The predicted molar refractivity (Wildman–Crippen MR) is 145 cm³/mol. The Morgan fingerprint density at radius 1 is 1.17 bits per heavy atom. The molecule has 1 fully saturated rings. The summed E-state index contributed by atoms with van der Waals surface area (Å²) in [5.41, 5.74) is 1.06. The van der Waals surface area contributed by atoms with Crippen LogP contribution in [0.2, 0.25) is 5.02 Å². The first-order chi connectivity index (χ1) is 19.7. The number of alkyl halides is 2. The molecule has 2 aliphatic rings. The number of rotatable bonds is 7. The Morgan fingerprint density at radius 3 is 2.68 bits per heavy atom. The normalized spacial score (nSPS) is 15.0. The molecule has 0 radical (unpaired) electrons. The van der Waals surface area contributed by atoms with E-state index < -0.39 is 24.3 Å². The summed E-state index contributed by atoms with van der Waals surface area (Å²) in [6, 6.07) is 15.8. The molecule has 41 heavy (non-hydrogen) atoms. The number of fused-ring (bicyclic) bond motifs is 2. The molecule has 0 saturated heterocycles. The van der Waals surface area contributed by atoms with E-state index in [1.807, 2.05) is 0 Å². The van der Waals surface area contributed by atoms with Gasteiger partial charge in [-0.1, -0.05) is 23.7 Å². The molecule has 0 atom stereocenters. The summed E-state index contributed by atoms with van der Waals surface area (Å²) in [5.74, 6) is -0.492. The van der Waals surface area contributed by atoms with E-state index in [-0.39, 0.29) is 27.9 Å². The standard InChI is InChI=1S/C29H21ClF2N4O5/c1-2-39-24-13-21-20(12-22(24)30)27(17-5-3-4-16(10-17)14-33)34-35(28(21)38)15-26(37)36(18-6-7-18)19-8-9-23-25(11-19)41-29(31,32)40-23/h3-5,8-13,18H,2,6-7,15H2,1H3. The van der Waals surface area contributed by atoms with Gasteiger partial charge in [-0.25, -0.2) is 4.68 Å². The largest absolute Gasteiger partial charge is 0.586 e. The minimum atomic E-state index is -3.79. The third-order valence-electron chi connectivity index (χ3n) is 6.71. The third-order valence-corrected chi connectivity index (χ3v) is 7.00. The van der Waals surface area contributed by atoms with Crippen LogP contribution in [0.4, 0.5) is 14.5 Å². The van der Waals surface area contributed by atoms with Crippen molar-refractivity contribution >= 4 is 34.0 Å². The number of carbonyl (C=O) groups is 1. The van der Waals surface area contributed by atoms with E-state index in [0.717, 1.165) is 4.68 Å². The maximum Gasteiger partial charge on any atom is 0.586 e. The van der Waals surface area contributed by atoms with Gasteiger partial charge in [-0.2, -0.15) is 10.4 Å². The number of hydrogen-bond acceptors (Lipinski definition) is 7. The van der Waals surface area contributed by atoms with Crippen molar-refractivity contribution in [1.29, 1.82) is 5.26 Å². The summed E-state index contributed by atoms with van der Waals surface area (Å²) in [4.78, 5) is 28.8. The van der Waals surface area contributed by atoms with E-state index >= 15 is 0 Å². The van der Waals surface area contributed by atoms with Crippen molar-refractivity contribution in [2.75, 3.05) is 11.5 Å². The van der Waals surface area contributed by atoms with Crippen molar-refractivity contribution in [3.05, 3.63) is 75.5 Å². The van der Waals surface area contributed by atoms with Crippen LogP contribution < -0.4 is 24.7 Å². The van der Waals surface area contributed by atoms with Crippen molar-refractivity contribution in [2.45, 2.75) is 38.6 Å². The molecule has 1 aliphatic heterocycles. The fourth-order valence-corrected chi connectivity index (χ4v) is 5.01. The van der Waals surface area contributed by atoms with Gasteiger partial charge in [0, 0.05) is 28.7 Å². The van der Waals surface area contributed by atoms with Gasteiger partial charge < -0.3 is 19.1 Å². The molecular formula is C29H21ClF2N4O5. The summed E-state index contributed by atoms with van der Waals surface area (Å²) in [6.45, 7) is 1.66. The molecule has 9 nitrogen and oxygen atoms in total. The molecule has 12 heteroatoms. The molecule has 2 heterocycles. The minimum Gasteiger partial charge on any atom is -0.492 e. The Morgan fingerprint density at radius 2 is 1.95 bits per heavy atom. The molecule has 0 N–H and O–H groups in total. The van der Waals surface area contributed by atoms with Gasteiger partial charge in [0.15, 0.2) is 11.5 Å². The highest BCUT2D eigenvalue weighted by Crippen LogP contribution is 2.44. The number of nitrogens with zero attached hydrogens (tertiary/aromatic N) is 4. The highest BCUT2D eigenvalue weighted by atomic mass is 35.5. The quantitative estimate of drug-likeness (QED) is 0.285. The van der Waals surface area contributed by atoms with Gasteiger partial charge in [-0.05, 0) is 56.2 Å². The van der Waals surface area contributed by atoms with Gasteiger partial charge in [0.25, 0.3) is 5.56 Å². The monoisotopic (exact) mass is 578 g/mol. The molecule has 0 spiro atoms. The smallest absolute Gasteiger partial charge is 0.492 e. The van der Waals surface area contributed by atoms with Gasteiger partial charge in [-0.3, -0.25) is 9.59 Å². The van der Waals surface area contributed by atoms with Crippen LogP contribution in [0.15, 0.2) is 59.4 Å². The SMILES string of the molecule is CCOc1cc2c(=O)n(CC(=O)N(c3ccc4c(c3)OC(F)(F)O4)C3CC3)nc(-c3cccc(C#N)c3)c2cc1Cl. The number of anilines is 1. The first kappa shape index (κ1) is 26.5. The summed E-state index contributed by atoms with van der Waals surface area (Å²) in [6.07, 6.45) is -2.38. The zero-order valence-electron chi connectivity index (χ0n) is 21.6. The van der Waals surface area contributed by atoms with Crippen molar-refractivity contribution in [1.82, 2.24) is 9.78 Å². The van der Waals surface area contributed by atoms with E-state index in [1.165, 1.54) is 29.2 Å². The Kier molecular flexibility index (Phi) is 6.50. The molecular weight excluding hydrogens is 558 g/mol. The van der Waals surface area contributed by atoms with Gasteiger partial charge in [0.2, 0.25) is 5.91 Å². The molecule has 1 aromatic heterocycles. The topological polar surface area (TPSA) is 107 Å². The first-order valence-corrected chi connectivity index (χ1v) is 13.1.